The zero-order chi connectivity index (χ0) is 18.1. The van der Waals surface area contributed by atoms with Gasteiger partial charge in [0.2, 0.25) is 0 Å². The number of nitrogens with one attached hydrogen (secondary N) is 2. The van der Waals surface area contributed by atoms with Crippen LogP contribution >= 0.6 is 0 Å². The minimum absolute atomic E-state index is 0.0384. The first-order valence-electron chi connectivity index (χ1n) is 9.50. The Morgan fingerprint density at radius 2 is 1.96 bits per heavy atom. The second kappa shape index (κ2) is 5.11. The summed E-state index contributed by atoms with van der Waals surface area (Å²) in [4.78, 5) is 14.9. The minimum Gasteiger partial charge on any atom is -0.346 e. The predicted molar refractivity (Wildman–Crippen MR) is 94.6 cm³/mol. The van der Waals surface area contributed by atoms with E-state index in [2.05, 4.69) is 36.1 Å². The van der Waals surface area contributed by atoms with Gasteiger partial charge in [-0.2, -0.15) is 20.2 Å². The molecular weight excluding hydrogens is 344 g/mol. The maximum Gasteiger partial charge on any atom is 0.251 e. The number of carbonyl (C=O) groups is 1. The summed E-state index contributed by atoms with van der Waals surface area (Å²) in [7, 11) is 0. The number of hydrogen-bond donors (Lipinski definition) is 2. The van der Waals surface area contributed by atoms with Crippen LogP contribution in [0.5, 0.6) is 0 Å². The molecule has 2 unspecified atom stereocenters. The lowest BCUT2D eigenvalue weighted by Crippen LogP contribution is -2.66. The van der Waals surface area contributed by atoms with Crippen molar-refractivity contribution < 1.29 is 4.79 Å². The molecule has 1 aromatic carbocycles. The molecule has 4 fully saturated rings. The van der Waals surface area contributed by atoms with E-state index < -0.39 is 0 Å². The molecule has 2 aromatic heterocycles. The summed E-state index contributed by atoms with van der Waals surface area (Å²) in [6, 6.07) is 5.44. The number of carbonyl (C=O) groups excluding carboxylic acids is 1. The predicted octanol–water partition coefficient (Wildman–Crippen LogP) is 1.42. The Balaban J connectivity index is 1.33. The van der Waals surface area contributed by atoms with Crippen LogP contribution in [0.15, 0.2) is 24.5 Å². The molecule has 9 nitrogen and oxygen atoms in total. The quantitative estimate of drug-likeness (QED) is 0.726. The van der Waals surface area contributed by atoms with Crippen LogP contribution in [0, 0.1) is 11.8 Å². The minimum atomic E-state index is -0.187. The van der Waals surface area contributed by atoms with Crippen LogP contribution in [-0.2, 0) is 5.54 Å². The number of H-pyrrole nitrogens is 1. The number of hydrogen-bond acceptors (Lipinski definition) is 6. The van der Waals surface area contributed by atoms with Gasteiger partial charge in [0.25, 0.3) is 5.91 Å². The molecule has 3 aromatic rings. The van der Waals surface area contributed by atoms with Gasteiger partial charge < -0.3 is 5.32 Å². The van der Waals surface area contributed by atoms with Crippen LogP contribution in [0.4, 0.5) is 0 Å². The molecule has 4 aliphatic rings. The van der Waals surface area contributed by atoms with Crippen molar-refractivity contribution in [3.05, 3.63) is 30.1 Å². The molecule has 4 aliphatic carbocycles. The lowest BCUT2D eigenvalue weighted by Gasteiger charge is -2.61. The average molecular weight is 364 g/mol. The van der Waals surface area contributed by atoms with Gasteiger partial charge in [-0.15, -0.1) is 10.2 Å². The highest BCUT2D eigenvalue weighted by Crippen LogP contribution is 2.60. The monoisotopic (exact) mass is 364 g/mol. The zero-order valence-corrected chi connectivity index (χ0v) is 14.8. The van der Waals surface area contributed by atoms with E-state index in [1.165, 1.54) is 12.7 Å². The first-order chi connectivity index (χ1) is 13.1. The van der Waals surface area contributed by atoms with Crippen molar-refractivity contribution in [2.75, 3.05) is 0 Å². The van der Waals surface area contributed by atoms with E-state index in [1.807, 2.05) is 16.9 Å². The van der Waals surface area contributed by atoms with E-state index in [0.717, 1.165) is 37.6 Å². The molecule has 9 heteroatoms. The third kappa shape index (κ3) is 2.23. The van der Waals surface area contributed by atoms with Gasteiger partial charge in [0.15, 0.2) is 6.33 Å². The lowest BCUT2D eigenvalue weighted by atomic mass is 9.50. The average Bonchev–Trinajstić information content (AvgIpc) is 3.31. The van der Waals surface area contributed by atoms with Crippen LogP contribution in [0.3, 0.4) is 0 Å². The van der Waals surface area contributed by atoms with Crippen LogP contribution in [0.25, 0.3) is 11.0 Å². The number of aromatic nitrogens is 7. The molecule has 4 bridgehead atoms. The maximum atomic E-state index is 13.1. The largest absolute Gasteiger partial charge is 0.346 e. The van der Waals surface area contributed by atoms with Crippen LogP contribution in [-0.4, -0.2) is 47.1 Å². The lowest BCUT2D eigenvalue weighted by molar-refractivity contribution is -0.0810. The second-order valence-electron chi connectivity index (χ2n) is 8.67. The second-order valence-corrected chi connectivity index (χ2v) is 8.67. The van der Waals surface area contributed by atoms with Crippen LogP contribution in [0.1, 0.15) is 48.9 Å². The molecule has 7 rings (SSSR count). The number of rotatable bonds is 3. The van der Waals surface area contributed by atoms with Gasteiger partial charge in [0.1, 0.15) is 11.0 Å². The maximum absolute atomic E-state index is 13.1. The summed E-state index contributed by atoms with van der Waals surface area (Å²) < 4.78 is 0. The first-order valence-corrected chi connectivity index (χ1v) is 9.50. The van der Waals surface area contributed by atoms with Gasteiger partial charge in [-0.05, 0) is 73.8 Å². The Bertz CT molecular complexity index is 1010. The first kappa shape index (κ1) is 15.2. The molecule has 4 saturated carbocycles. The smallest absolute Gasteiger partial charge is 0.251 e. The molecule has 1 amide bonds. The SMILES string of the molecule is O=C(NC12CC3CC(C1)CC(n1ncnn1)(C3)C2)c1ccc2n[nH]nc2c1. The standard InChI is InChI=1S/C18H20N8O/c27-16(13-1-2-14-15(4-13)23-24-22-14)21-17-5-11-3-12(6-17)8-18(7-11,9-17)26-20-10-19-25-26/h1-2,4,10-12H,3,5-9H2,(H,21,27)(H,22,23,24). The number of fused-ring (bicyclic) bond motifs is 1. The number of benzene rings is 1. The molecular formula is C18H20N8O. The summed E-state index contributed by atoms with van der Waals surface area (Å²) in [5, 5.41) is 26.7. The number of tetrazole rings is 1. The summed E-state index contributed by atoms with van der Waals surface area (Å²) in [6.07, 6.45) is 7.89. The topological polar surface area (TPSA) is 114 Å². The summed E-state index contributed by atoms with van der Waals surface area (Å²) in [6.45, 7) is 0. The van der Waals surface area contributed by atoms with Gasteiger partial charge in [0.05, 0.1) is 5.54 Å². The Hall–Kier alpha value is -2.84. The van der Waals surface area contributed by atoms with Crippen molar-refractivity contribution in [3.63, 3.8) is 0 Å². The molecule has 138 valence electrons. The highest BCUT2D eigenvalue weighted by molar-refractivity contribution is 5.97. The van der Waals surface area contributed by atoms with E-state index in [0.29, 0.717) is 22.9 Å². The van der Waals surface area contributed by atoms with Crippen molar-refractivity contribution in [2.45, 2.75) is 49.6 Å². The Kier molecular flexibility index (Phi) is 2.89. The van der Waals surface area contributed by atoms with Crippen molar-refractivity contribution >= 4 is 16.9 Å². The summed E-state index contributed by atoms with van der Waals surface area (Å²) in [5.74, 6) is 1.18. The molecule has 2 atom stereocenters. The van der Waals surface area contributed by atoms with E-state index in [-0.39, 0.29) is 17.0 Å². The number of nitrogens with zero attached hydrogens (tertiary/aromatic N) is 6. The van der Waals surface area contributed by atoms with Gasteiger partial charge in [-0.1, -0.05) is 0 Å². The molecule has 0 aliphatic heterocycles. The molecule has 0 spiro atoms. The van der Waals surface area contributed by atoms with E-state index in [4.69, 9.17) is 0 Å². The third-order valence-corrected chi connectivity index (χ3v) is 6.76. The Labute approximate surface area is 154 Å². The highest BCUT2D eigenvalue weighted by Gasteiger charge is 2.60. The molecule has 2 N–H and O–H groups in total. The molecule has 0 radical (unpaired) electrons. The Morgan fingerprint density at radius 3 is 2.74 bits per heavy atom. The number of amides is 1. The van der Waals surface area contributed by atoms with E-state index in [9.17, 15) is 4.79 Å². The van der Waals surface area contributed by atoms with Crippen LogP contribution < -0.4 is 5.32 Å². The fourth-order valence-corrected chi connectivity index (χ4v) is 6.27. The normalized spacial score (nSPS) is 34.2. The fourth-order valence-electron chi connectivity index (χ4n) is 6.27. The van der Waals surface area contributed by atoms with Crippen molar-refractivity contribution in [1.82, 2.24) is 40.9 Å². The van der Waals surface area contributed by atoms with Crippen molar-refractivity contribution in [2.24, 2.45) is 11.8 Å². The van der Waals surface area contributed by atoms with Crippen molar-refractivity contribution in [1.29, 1.82) is 0 Å². The van der Waals surface area contributed by atoms with E-state index >= 15 is 0 Å². The van der Waals surface area contributed by atoms with Gasteiger partial charge >= 0.3 is 0 Å². The summed E-state index contributed by atoms with van der Waals surface area (Å²) >= 11 is 0. The van der Waals surface area contributed by atoms with Gasteiger partial charge in [0, 0.05) is 11.1 Å². The van der Waals surface area contributed by atoms with Crippen molar-refractivity contribution in [3.8, 4) is 0 Å². The molecule has 27 heavy (non-hydrogen) atoms. The zero-order valence-electron chi connectivity index (χ0n) is 14.8. The molecule has 0 saturated heterocycles. The third-order valence-electron chi connectivity index (χ3n) is 6.76. The molecule has 2 heterocycles. The highest BCUT2D eigenvalue weighted by atomic mass is 16.1. The van der Waals surface area contributed by atoms with Crippen LogP contribution in [0.2, 0.25) is 0 Å². The summed E-state index contributed by atoms with van der Waals surface area (Å²) in [5.41, 5.74) is 1.80. The Morgan fingerprint density at radius 1 is 1.15 bits per heavy atom. The van der Waals surface area contributed by atoms with E-state index in [1.54, 1.807) is 6.07 Å². The van der Waals surface area contributed by atoms with Gasteiger partial charge in [-0.3, -0.25) is 4.79 Å². The fraction of sp³-hybridized carbons (Fsp3) is 0.556. The number of aromatic amines is 1. The van der Waals surface area contributed by atoms with Gasteiger partial charge in [-0.25, -0.2) is 0 Å².